The molecule has 2 rings (SSSR count). The average Bonchev–Trinajstić information content (AvgIpc) is 2.61. The van der Waals surface area contributed by atoms with Crippen LogP contribution in [0.25, 0.3) is 10.9 Å². The first kappa shape index (κ1) is 13.2. The molecule has 18 heavy (non-hydrogen) atoms. The number of benzene rings is 1. The molecule has 0 aliphatic rings. The Morgan fingerprint density at radius 3 is 1.67 bits per heavy atom. The zero-order chi connectivity index (χ0) is 13.8. The maximum Gasteiger partial charge on any atom is 0.0494 e. The van der Waals surface area contributed by atoms with Gasteiger partial charge in [0.1, 0.15) is 0 Å². The van der Waals surface area contributed by atoms with Gasteiger partial charge in [0, 0.05) is 22.0 Å². The van der Waals surface area contributed by atoms with E-state index in [1.54, 1.807) is 0 Å². The van der Waals surface area contributed by atoms with Gasteiger partial charge in [-0.1, -0.05) is 20.8 Å². The Morgan fingerprint density at radius 1 is 0.667 bits per heavy atom. The number of hydrogen-bond donors (Lipinski definition) is 1. The third kappa shape index (κ3) is 1.68. The van der Waals surface area contributed by atoms with Gasteiger partial charge in [0.15, 0.2) is 0 Å². The zero-order valence-electron chi connectivity index (χ0n) is 13.0. The van der Waals surface area contributed by atoms with E-state index in [9.17, 15) is 0 Å². The van der Waals surface area contributed by atoms with E-state index in [1.807, 2.05) is 0 Å². The van der Waals surface area contributed by atoms with Crippen molar-refractivity contribution in [2.45, 2.75) is 60.8 Å². The molecule has 0 unspecified atom stereocenters. The van der Waals surface area contributed by atoms with Crippen molar-refractivity contribution in [1.29, 1.82) is 0 Å². The SMILES string of the molecule is Cc1c(C)c(C)c2c(C)c(C(C)(C)C)[nH]c2c1C. The molecule has 1 nitrogen and oxygen atoms in total. The van der Waals surface area contributed by atoms with Crippen molar-refractivity contribution in [2.24, 2.45) is 0 Å². The van der Waals surface area contributed by atoms with E-state index in [4.69, 9.17) is 0 Å². The topological polar surface area (TPSA) is 15.8 Å². The summed E-state index contributed by atoms with van der Waals surface area (Å²) in [5.74, 6) is 0. The first-order valence-electron chi connectivity index (χ1n) is 6.75. The molecule has 0 radical (unpaired) electrons. The van der Waals surface area contributed by atoms with Crippen LogP contribution >= 0.6 is 0 Å². The molecule has 0 bridgehead atoms. The second-order valence-electron chi connectivity index (χ2n) is 6.62. The molecule has 0 saturated heterocycles. The molecule has 1 aromatic heterocycles. The van der Waals surface area contributed by atoms with Gasteiger partial charge in [0.25, 0.3) is 0 Å². The zero-order valence-corrected chi connectivity index (χ0v) is 13.0. The van der Waals surface area contributed by atoms with Gasteiger partial charge in [0.2, 0.25) is 0 Å². The lowest BCUT2D eigenvalue weighted by Gasteiger charge is -2.18. The van der Waals surface area contributed by atoms with E-state index in [2.05, 4.69) is 60.4 Å². The van der Waals surface area contributed by atoms with Gasteiger partial charge in [0.05, 0.1) is 0 Å². The van der Waals surface area contributed by atoms with Crippen molar-refractivity contribution in [3.8, 4) is 0 Å². The molecule has 0 saturated carbocycles. The van der Waals surface area contributed by atoms with Crippen LogP contribution in [0.2, 0.25) is 0 Å². The molecule has 0 aliphatic carbocycles. The lowest BCUT2D eigenvalue weighted by atomic mass is 9.88. The summed E-state index contributed by atoms with van der Waals surface area (Å²) in [7, 11) is 0. The van der Waals surface area contributed by atoms with Crippen LogP contribution < -0.4 is 0 Å². The summed E-state index contributed by atoms with van der Waals surface area (Å²) < 4.78 is 0. The lowest BCUT2D eigenvalue weighted by Crippen LogP contribution is -2.12. The van der Waals surface area contributed by atoms with Crippen molar-refractivity contribution < 1.29 is 0 Å². The highest BCUT2D eigenvalue weighted by atomic mass is 14.7. The van der Waals surface area contributed by atoms with E-state index in [0.29, 0.717) is 0 Å². The van der Waals surface area contributed by atoms with Crippen molar-refractivity contribution in [3.05, 3.63) is 33.5 Å². The molecular weight excluding hydrogens is 218 g/mol. The Balaban J connectivity index is 2.98. The molecule has 0 fully saturated rings. The fourth-order valence-corrected chi connectivity index (χ4v) is 3.03. The second kappa shape index (κ2) is 3.88. The maximum atomic E-state index is 3.68. The summed E-state index contributed by atoms with van der Waals surface area (Å²) >= 11 is 0. The summed E-state index contributed by atoms with van der Waals surface area (Å²) in [5.41, 5.74) is 9.96. The van der Waals surface area contributed by atoms with Gasteiger partial charge in [-0.25, -0.2) is 0 Å². The predicted molar refractivity (Wildman–Crippen MR) is 80.7 cm³/mol. The monoisotopic (exact) mass is 243 g/mol. The molecule has 98 valence electrons. The standard InChI is InChI=1S/C17H25N/c1-9-10(2)12(4)15-14(11(9)3)13(5)16(18-15)17(6,7)8/h18H,1-8H3. The van der Waals surface area contributed by atoms with Gasteiger partial charge in [-0.15, -0.1) is 0 Å². The van der Waals surface area contributed by atoms with Crippen LogP contribution in [-0.2, 0) is 5.41 Å². The number of aromatic amines is 1. The molecular formula is C17H25N. The number of hydrogen-bond acceptors (Lipinski definition) is 0. The molecule has 0 atom stereocenters. The third-order valence-electron chi connectivity index (χ3n) is 4.44. The largest absolute Gasteiger partial charge is 0.357 e. The first-order chi connectivity index (χ1) is 8.16. The second-order valence-corrected chi connectivity index (χ2v) is 6.62. The Kier molecular flexibility index (Phi) is 2.84. The number of H-pyrrole nitrogens is 1. The third-order valence-corrected chi connectivity index (χ3v) is 4.44. The molecule has 1 N–H and O–H groups in total. The van der Waals surface area contributed by atoms with Crippen LogP contribution in [0.15, 0.2) is 0 Å². The Bertz CT molecular complexity index is 622. The smallest absolute Gasteiger partial charge is 0.0494 e. The van der Waals surface area contributed by atoms with Crippen LogP contribution in [0.3, 0.4) is 0 Å². The molecule has 0 spiro atoms. The highest BCUT2D eigenvalue weighted by molar-refractivity contribution is 5.92. The number of aromatic nitrogens is 1. The minimum absolute atomic E-state index is 0.170. The van der Waals surface area contributed by atoms with Gasteiger partial charge in [-0.3, -0.25) is 0 Å². The van der Waals surface area contributed by atoms with Crippen LogP contribution in [0.1, 0.15) is 54.3 Å². The maximum absolute atomic E-state index is 3.68. The Morgan fingerprint density at radius 2 is 1.17 bits per heavy atom. The van der Waals surface area contributed by atoms with E-state index in [0.717, 1.165) is 0 Å². The van der Waals surface area contributed by atoms with Crippen molar-refractivity contribution >= 4 is 10.9 Å². The van der Waals surface area contributed by atoms with E-state index >= 15 is 0 Å². The highest BCUT2D eigenvalue weighted by Crippen LogP contribution is 2.36. The summed E-state index contributed by atoms with van der Waals surface area (Å²) in [5, 5.41) is 1.43. The van der Waals surface area contributed by atoms with Gasteiger partial charge in [-0.05, 0) is 62.4 Å². The van der Waals surface area contributed by atoms with Crippen molar-refractivity contribution in [3.63, 3.8) is 0 Å². The van der Waals surface area contributed by atoms with Crippen molar-refractivity contribution in [2.75, 3.05) is 0 Å². The van der Waals surface area contributed by atoms with E-state index in [1.165, 1.54) is 44.4 Å². The first-order valence-corrected chi connectivity index (χ1v) is 6.75. The quantitative estimate of drug-likeness (QED) is 0.669. The summed E-state index contributed by atoms with van der Waals surface area (Å²) in [4.78, 5) is 3.68. The number of rotatable bonds is 0. The van der Waals surface area contributed by atoms with Crippen LogP contribution in [0.5, 0.6) is 0 Å². The summed E-state index contributed by atoms with van der Waals surface area (Å²) in [6, 6.07) is 0. The molecule has 2 aromatic rings. The van der Waals surface area contributed by atoms with Gasteiger partial charge in [-0.2, -0.15) is 0 Å². The minimum atomic E-state index is 0.170. The van der Waals surface area contributed by atoms with Gasteiger partial charge < -0.3 is 4.98 Å². The Labute approximate surface area is 111 Å². The molecule has 0 aliphatic heterocycles. The predicted octanol–water partition coefficient (Wildman–Crippen LogP) is 5.01. The number of fused-ring (bicyclic) bond motifs is 1. The molecule has 1 heterocycles. The van der Waals surface area contributed by atoms with Crippen molar-refractivity contribution in [1.82, 2.24) is 4.98 Å². The number of aryl methyl sites for hydroxylation is 3. The van der Waals surface area contributed by atoms with E-state index in [-0.39, 0.29) is 5.41 Å². The van der Waals surface area contributed by atoms with Gasteiger partial charge >= 0.3 is 0 Å². The number of nitrogens with one attached hydrogen (secondary N) is 1. The van der Waals surface area contributed by atoms with Crippen LogP contribution in [0, 0.1) is 34.6 Å². The highest BCUT2D eigenvalue weighted by Gasteiger charge is 2.22. The average molecular weight is 243 g/mol. The summed E-state index contributed by atoms with van der Waals surface area (Å²) in [6.45, 7) is 18.0. The molecule has 1 heteroatoms. The molecule has 1 aromatic carbocycles. The fraction of sp³-hybridized carbons (Fsp3) is 0.529. The minimum Gasteiger partial charge on any atom is -0.357 e. The normalized spacial score (nSPS) is 12.4. The van der Waals surface area contributed by atoms with Crippen LogP contribution in [-0.4, -0.2) is 4.98 Å². The summed E-state index contributed by atoms with van der Waals surface area (Å²) in [6.07, 6.45) is 0. The van der Waals surface area contributed by atoms with E-state index < -0.39 is 0 Å². The fourth-order valence-electron chi connectivity index (χ4n) is 3.03. The lowest BCUT2D eigenvalue weighted by molar-refractivity contribution is 0.570. The van der Waals surface area contributed by atoms with Crippen LogP contribution in [0.4, 0.5) is 0 Å². The Hall–Kier alpha value is -1.24. The molecule has 0 amide bonds.